The van der Waals surface area contributed by atoms with Gasteiger partial charge in [0, 0.05) is 32.9 Å². The Morgan fingerprint density at radius 2 is 0.800 bits per heavy atom. The van der Waals surface area contributed by atoms with E-state index >= 15 is 0 Å². The summed E-state index contributed by atoms with van der Waals surface area (Å²) < 4.78 is 2.54. The largest absolute Gasteiger partial charge is 0.309 e. The van der Waals surface area contributed by atoms with Gasteiger partial charge in [0.1, 0.15) is 0 Å². The lowest BCUT2D eigenvalue weighted by molar-refractivity contribution is 0.662. The fourth-order valence-electron chi connectivity index (χ4n) is 10.4. The maximum absolute atomic E-state index is 2.54. The van der Waals surface area contributed by atoms with Crippen LogP contribution in [-0.2, 0) is 10.8 Å². The quantitative estimate of drug-likeness (QED) is 0.172. The van der Waals surface area contributed by atoms with Crippen LogP contribution in [0.15, 0.2) is 176 Å². The van der Waals surface area contributed by atoms with Crippen LogP contribution in [0.5, 0.6) is 0 Å². The first-order valence-electron chi connectivity index (χ1n) is 19.5. The Labute approximate surface area is 323 Å². The van der Waals surface area contributed by atoms with Crippen LogP contribution in [0.4, 0.5) is 0 Å². The second-order valence-electron chi connectivity index (χ2n) is 16.4. The Balaban J connectivity index is 1.25. The molecule has 1 heteroatoms. The molecule has 0 saturated carbocycles. The molecule has 0 spiro atoms. The Morgan fingerprint density at radius 1 is 0.345 bits per heavy atom. The third-order valence-corrected chi connectivity index (χ3v) is 12.8. The predicted octanol–water partition coefficient (Wildman–Crippen LogP) is 14.4. The molecule has 0 aliphatic heterocycles. The molecular formula is C54H41N. The summed E-state index contributed by atoms with van der Waals surface area (Å²) in [7, 11) is 0. The highest BCUT2D eigenvalue weighted by atomic mass is 15.0. The number of hydrogen-bond acceptors (Lipinski definition) is 0. The lowest BCUT2D eigenvalue weighted by Gasteiger charge is -2.26. The first-order chi connectivity index (χ1) is 26.8. The molecule has 262 valence electrons. The van der Waals surface area contributed by atoms with E-state index in [0.29, 0.717) is 0 Å². The van der Waals surface area contributed by atoms with Crippen LogP contribution >= 0.6 is 0 Å². The van der Waals surface area contributed by atoms with E-state index in [0.717, 1.165) is 5.69 Å². The van der Waals surface area contributed by atoms with E-state index in [1.165, 1.54) is 99.7 Å². The third kappa shape index (κ3) is 4.41. The van der Waals surface area contributed by atoms with Crippen LogP contribution in [0.1, 0.15) is 49.9 Å². The van der Waals surface area contributed by atoms with Gasteiger partial charge in [-0.2, -0.15) is 0 Å². The fraction of sp³-hybridized carbons (Fsp3) is 0.111. The molecule has 0 atom stereocenters. The van der Waals surface area contributed by atoms with E-state index in [1.54, 1.807) is 0 Å². The van der Waals surface area contributed by atoms with Crippen molar-refractivity contribution in [2.24, 2.45) is 0 Å². The molecule has 0 saturated heterocycles. The average molecular weight is 704 g/mol. The molecule has 55 heavy (non-hydrogen) atoms. The van der Waals surface area contributed by atoms with Crippen LogP contribution in [-0.4, -0.2) is 4.57 Å². The SMILES string of the molecule is CC1(C)c2ccccc2-c2cccc(-c3ccc(-c4cccc5c4C(C)(C)c4ccccc4-5)c4c3c3ccccc3n4-c3ccc(-c4ccccc4)cc3)c21. The van der Waals surface area contributed by atoms with E-state index in [1.807, 2.05) is 0 Å². The molecule has 0 bridgehead atoms. The topological polar surface area (TPSA) is 4.93 Å². The van der Waals surface area contributed by atoms with Crippen LogP contribution < -0.4 is 0 Å². The maximum Gasteiger partial charge on any atom is 0.0625 e. The van der Waals surface area contributed by atoms with Crippen LogP contribution in [0.25, 0.3) is 83.1 Å². The Morgan fingerprint density at radius 3 is 1.42 bits per heavy atom. The molecular weight excluding hydrogens is 663 g/mol. The van der Waals surface area contributed by atoms with Crippen molar-refractivity contribution in [1.82, 2.24) is 4.57 Å². The summed E-state index contributed by atoms with van der Waals surface area (Å²) in [4.78, 5) is 0. The fourth-order valence-corrected chi connectivity index (χ4v) is 10.4. The van der Waals surface area contributed by atoms with Crippen LogP contribution in [0, 0.1) is 0 Å². The van der Waals surface area contributed by atoms with Crippen molar-refractivity contribution in [1.29, 1.82) is 0 Å². The number of fused-ring (bicyclic) bond motifs is 9. The smallest absolute Gasteiger partial charge is 0.0625 e. The number of aromatic nitrogens is 1. The zero-order valence-electron chi connectivity index (χ0n) is 31.7. The minimum atomic E-state index is -0.155. The molecule has 0 fully saturated rings. The normalized spacial score (nSPS) is 14.5. The Bertz CT molecular complexity index is 3010. The van der Waals surface area contributed by atoms with E-state index in [-0.39, 0.29) is 10.8 Å². The van der Waals surface area contributed by atoms with Gasteiger partial charge >= 0.3 is 0 Å². The van der Waals surface area contributed by atoms with Gasteiger partial charge in [0.15, 0.2) is 0 Å². The highest BCUT2D eigenvalue weighted by Crippen LogP contribution is 2.56. The molecule has 8 aromatic carbocycles. The number of hydrogen-bond donors (Lipinski definition) is 0. The predicted molar refractivity (Wildman–Crippen MR) is 232 cm³/mol. The van der Waals surface area contributed by atoms with Gasteiger partial charge in [-0.3, -0.25) is 0 Å². The monoisotopic (exact) mass is 703 g/mol. The number of rotatable bonds is 4. The van der Waals surface area contributed by atoms with Crippen molar-refractivity contribution in [3.05, 3.63) is 198 Å². The molecule has 1 aromatic heterocycles. The summed E-state index contributed by atoms with van der Waals surface area (Å²) in [5, 5.41) is 2.56. The molecule has 2 aliphatic carbocycles. The van der Waals surface area contributed by atoms with Gasteiger partial charge in [-0.25, -0.2) is 0 Å². The van der Waals surface area contributed by atoms with Gasteiger partial charge in [-0.05, 0) is 90.5 Å². The highest BCUT2D eigenvalue weighted by Gasteiger charge is 2.40. The van der Waals surface area contributed by atoms with Crippen molar-refractivity contribution in [2.45, 2.75) is 38.5 Å². The average Bonchev–Trinajstić information content (AvgIpc) is 3.79. The van der Waals surface area contributed by atoms with Crippen molar-refractivity contribution >= 4 is 21.8 Å². The maximum atomic E-state index is 2.54. The zero-order chi connectivity index (χ0) is 37.1. The number of benzene rings is 8. The summed E-state index contributed by atoms with van der Waals surface area (Å²) in [5.74, 6) is 0. The lowest BCUT2D eigenvalue weighted by Crippen LogP contribution is -2.16. The Hall–Kier alpha value is -6.44. The van der Waals surface area contributed by atoms with Gasteiger partial charge in [0.05, 0.1) is 11.0 Å². The van der Waals surface area contributed by atoms with Crippen LogP contribution in [0.2, 0.25) is 0 Å². The first-order valence-corrected chi connectivity index (χ1v) is 19.5. The molecule has 9 aromatic rings. The minimum Gasteiger partial charge on any atom is -0.309 e. The highest BCUT2D eigenvalue weighted by molar-refractivity contribution is 6.20. The van der Waals surface area contributed by atoms with Crippen LogP contribution in [0.3, 0.4) is 0 Å². The second kappa shape index (κ2) is 11.5. The molecule has 0 radical (unpaired) electrons. The van der Waals surface area contributed by atoms with Gasteiger partial charge in [0.25, 0.3) is 0 Å². The minimum absolute atomic E-state index is 0.144. The summed E-state index contributed by atoms with van der Waals surface area (Å²) >= 11 is 0. The summed E-state index contributed by atoms with van der Waals surface area (Å²) in [5.41, 5.74) is 21.9. The number of nitrogens with zero attached hydrogens (tertiary/aromatic N) is 1. The lowest BCUT2D eigenvalue weighted by atomic mass is 9.77. The van der Waals surface area contributed by atoms with Gasteiger partial charge in [-0.15, -0.1) is 0 Å². The molecule has 1 heterocycles. The van der Waals surface area contributed by atoms with E-state index in [9.17, 15) is 0 Å². The van der Waals surface area contributed by atoms with E-state index in [4.69, 9.17) is 0 Å². The van der Waals surface area contributed by atoms with Crippen molar-refractivity contribution in [3.63, 3.8) is 0 Å². The molecule has 0 amide bonds. The van der Waals surface area contributed by atoms with Gasteiger partial charge in [0.2, 0.25) is 0 Å². The van der Waals surface area contributed by atoms with Crippen molar-refractivity contribution < 1.29 is 0 Å². The molecule has 11 rings (SSSR count). The Kier molecular flexibility index (Phi) is 6.72. The van der Waals surface area contributed by atoms with Gasteiger partial charge < -0.3 is 4.57 Å². The summed E-state index contributed by atoms with van der Waals surface area (Å²) in [6.07, 6.45) is 0. The summed E-state index contributed by atoms with van der Waals surface area (Å²) in [6.45, 7) is 9.60. The number of para-hydroxylation sites is 1. The third-order valence-electron chi connectivity index (χ3n) is 12.8. The molecule has 1 nitrogen and oxygen atoms in total. The van der Waals surface area contributed by atoms with E-state index in [2.05, 4.69) is 208 Å². The molecule has 0 N–H and O–H groups in total. The van der Waals surface area contributed by atoms with E-state index < -0.39 is 0 Å². The molecule has 2 aliphatic rings. The first kappa shape index (κ1) is 32.0. The molecule has 0 unspecified atom stereocenters. The summed E-state index contributed by atoms with van der Waals surface area (Å²) in [6, 6.07) is 65.6. The van der Waals surface area contributed by atoms with Crippen molar-refractivity contribution in [3.8, 4) is 61.3 Å². The second-order valence-corrected chi connectivity index (χ2v) is 16.4. The zero-order valence-corrected chi connectivity index (χ0v) is 31.7. The van der Waals surface area contributed by atoms with Gasteiger partial charge in [-0.1, -0.05) is 185 Å². The standard InChI is InChI=1S/C54H41N/c1-53(2)46-25-11-8-18-37(46)40-21-14-23-42(50(40)53)39-32-33-44(43-24-15-22-41-38-19-9-12-26-47(38)54(3,4)51(41)43)52-49(39)45-20-10-13-27-48(45)55(52)36-30-28-35(29-31-36)34-16-6-5-7-17-34/h5-33H,1-4H3. The van der Waals surface area contributed by atoms with Crippen molar-refractivity contribution in [2.75, 3.05) is 0 Å².